The fourth-order valence-corrected chi connectivity index (χ4v) is 4.89. The maximum absolute atomic E-state index is 14.2. The van der Waals surface area contributed by atoms with Crippen molar-refractivity contribution in [2.24, 2.45) is 0 Å². The zero-order valence-electron chi connectivity index (χ0n) is 16.2. The fraction of sp³-hybridized carbons (Fsp3) is 0.333. The van der Waals surface area contributed by atoms with E-state index in [1.54, 1.807) is 25.9 Å². The van der Waals surface area contributed by atoms with Gasteiger partial charge in [0.2, 0.25) is 5.91 Å². The number of likely N-dealkylation sites (N-methyl/N-ethyl adjacent to an activating group) is 1. The van der Waals surface area contributed by atoms with Crippen molar-refractivity contribution in [1.82, 2.24) is 19.8 Å². The lowest BCUT2D eigenvalue weighted by atomic mass is 10.1. The lowest BCUT2D eigenvalue weighted by Gasteiger charge is -2.26. The third-order valence-corrected chi connectivity index (χ3v) is 6.25. The van der Waals surface area contributed by atoms with Crippen molar-refractivity contribution >= 4 is 28.7 Å². The molecule has 3 aromatic rings. The Labute approximate surface area is 172 Å². The first-order valence-electron chi connectivity index (χ1n) is 9.42. The number of halogens is 2. The number of nitrogens with one attached hydrogen (secondary N) is 1. The van der Waals surface area contributed by atoms with Crippen LogP contribution in [0.1, 0.15) is 12.0 Å². The van der Waals surface area contributed by atoms with E-state index in [0.29, 0.717) is 13.0 Å². The van der Waals surface area contributed by atoms with Crippen molar-refractivity contribution in [3.05, 3.63) is 59.7 Å². The maximum Gasteiger partial charge on any atom is 0.239 e. The van der Waals surface area contributed by atoms with Crippen LogP contribution in [0.15, 0.2) is 47.6 Å². The van der Waals surface area contributed by atoms with Crippen molar-refractivity contribution in [3.63, 3.8) is 0 Å². The lowest BCUT2D eigenvalue weighted by Crippen LogP contribution is -2.42. The quantitative estimate of drug-likeness (QED) is 0.690. The number of carbonyl (C=O) groups is 1. The molecule has 0 unspecified atom stereocenters. The number of hydrogen-bond donors (Lipinski definition) is 1. The van der Waals surface area contributed by atoms with Gasteiger partial charge in [-0.2, -0.15) is 0 Å². The SMILES string of the molecule is CN(C)C(=O)[C@@H]1C[C@@H](Sc2nc3ccccc3[nH]2)CN1Cc1c(F)cccc1F. The van der Waals surface area contributed by atoms with E-state index in [2.05, 4.69) is 9.97 Å². The third-order valence-electron chi connectivity index (χ3n) is 5.16. The average molecular weight is 416 g/mol. The zero-order chi connectivity index (χ0) is 20.5. The first-order valence-corrected chi connectivity index (χ1v) is 10.3. The highest BCUT2D eigenvalue weighted by Crippen LogP contribution is 2.34. The molecule has 1 aliphatic rings. The van der Waals surface area contributed by atoms with Gasteiger partial charge in [-0.05, 0) is 30.7 Å². The normalized spacial score (nSPS) is 19.7. The number of benzene rings is 2. The van der Waals surface area contributed by atoms with E-state index < -0.39 is 17.7 Å². The molecule has 0 spiro atoms. The maximum atomic E-state index is 14.2. The molecule has 4 rings (SSSR count). The molecule has 8 heteroatoms. The number of nitrogens with zero attached hydrogens (tertiary/aromatic N) is 3. The largest absolute Gasteiger partial charge is 0.347 e. The van der Waals surface area contributed by atoms with Crippen molar-refractivity contribution in [3.8, 4) is 0 Å². The van der Waals surface area contributed by atoms with Gasteiger partial charge in [-0.15, -0.1) is 0 Å². The van der Waals surface area contributed by atoms with Crippen LogP contribution in [-0.4, -0.2) is 57.6 Å². The third kappa shape index (κ3) is 4.13. The Kier molecular flexibility index (Phi) is 5.56. The standard InChI is InChI=1S/C21H22F2N4OS/c1-26(2)20(28)19-10-13(29-21-24-17-8-3-4-9-18(17)25-21)11-27(19)12-14-15(22)6-5-7-16(14)23/h3-9,13,19H,10-12H2,1-2H3,(H,24,25)/t13-,19+/m1/s1. The number of hydrogen-bond acceptors (Lipinski definition) is 4. The first kappa shape index (κ1) is 19.8. The molecule has 2 heterocycles. The van der Waals surface area contributed by atoms with Gasteiger partial charge in [0.1, 0.15) is 11.6 Å². The molecule has 2 aromatic carbocycles. The summed E-state index contributed by atoms with van der Waals surface area (Å²) in [4.78, 5) is 24.0. The minimum atomic E-state index is -0.588. The second kappa shape index (κ2) is 8.12. The second-order valence-corrected chi connectivity index (χ2v) is 8.70. The highest BCUT2D eigenvalue weighted by atomic mass is 32.2. The summed E-state index contributed by atoms with van der Waals surface area (Å²) >= 11 is 1.57. The molecule has 1 aliphatic heterocycles. The van der Waals surface area contributed by atoms with Crippen LogP contribution in [0.3, 0.4) is 0 Å². The van der Waals surface area contributed by atoms with Crippen molar-refractivity contribution in [2.45, 2.75) is 29.4 Å². The van der Waals surface area contributed by atoms with Crippen molar-refractivity contribution in [2.75, 3.05) is 20.6 Å². The van der Waals surface area contributed by atoms with Gasteiger partial charge in [0.15, 0.2) is 5.16 Å². The molecule has 1 N–H and O–H groups in total. The van der Waals surface area contributed by atoms with Crippen LogP contribution in [0.2, 0.25) is 0 Å². The summed E-state index contributed by atoms with van der Waals surface area (Å²) in [6.45, 7) is 0.597. The predicted molar refractivity (Wildman–Crippen MR) is 110 cm³/mol. The van der Waals surface area contributed by atoms with Gasteiger partial charge >= 0.3 is 0 Å². The van der Waals surface area contributed by atoms with Gasteiger partial charge in [0.05, 0.1) is 17.1 Å². The number of likely N-dealkylation sites (tertiary alicyclic amines) is 1. The molecule has 1 saturated heterocycles. The van der Waals surface area contributed by atoms with E-state index in [0.717, 1.165) is 16.2 Å². The zero-order valence-corrected chi connectivity index (χ0v) is 17.0. The molecule has 2 atom stereocenters. The van der Waals surface area contributed by atoms with Crippen LogP contribution in [0.25, 0.3) is 11.0 Å². The number of fused-ring (bicyclic) bond motifs is 1. The number of H-pyrrole nitrogens is 1. The van der Waals surface area contributed by atoms with E-state index in [1.807, 2.05) is 29.2 Å². The number of aromatic nitrogens is 2. The Hall–Kier alpha value is -2.45. The van der Waals surface area contributed by atoms with Gasteiger partial charge < -0.3 is 9.88 Å². The molecular formula is C21H22F2N4OS. The first-order chi connectivity index (χ1) is 13.9. The number of aromatic amines is 1. The average Bonchev–Trinajstić information content (AvgIpc) is 3.27. The van der Waals surface area contributed by atoms with E-state index >= 15 is 0 Å². The Morgan fingerprint density at radius 2 is 1.93 bits per heavy atom. The highest BCUT2D eigenvalue weighted by molar-refractivity contribution is 7.99. The summed E-state index contributed by atoms with van der Waals surface area (Å²) in [5.41, 5.74) is 1.84. The van der Waals surface area contributed by atoms with Gasteiger partial charge in [0, 0.05) is 38.0 Å². The van der Waals surface area contributed by atoms with E-state index in [9.17, 15) is 13.6 Å². The molecule has 1 fully saturated rings. The molecule has 5 nitrogen and oxygen atoms in total. The van der Waals surface area contributed by atoms with Crippen molar-refractivity contribution < 1.29 is 13.6 Å². The number of para-hydroxylation sites is 2. The van der Waals surface area contributed by atoms with Crippen LogP contribution in [0, 0.1) is 11.6 Å². The highest BCUT2D eigenvalue weighted by Gasteiger charge is 2.39. The minimum Gasteiger partial charge on any atom is -0.347 e. The van der Waals surface area contributed by atoms with Crippen LogP contribution < -0.4 is 0 Å². The number of carbonyl (C=O) groups excluding carboxylic acids is 1. The molecule has 29 heavy (non-hydrogen) atoms. The molecule has 152 valence electrons. The summed E-state index contributed by atoms with van der Waals surface area (Å²) in [6, 6.07) is 11.2. The molecular weight excluding hydrogens is 394 g/mol. The Morgan fingerprint density at radius 1 is 1.21 bits per heavy atom. The summed E-state index contributed by atoms with van der Waals surface area (Å²) in [5.74, 6) is -1.24. The lowest BCUT2D eigenvalue weighted by molar-refractivity contribution is -0.133. The molecule has 1 amide bonds. The smallest absolute Gasteiger partial charge is 0.239 e. The van der Waals surface area contributed by atoms with E-state index in [4.69, 9.17) is 0 Å². The molecule has 1 aromatic heterocycles. The molecule has 0 bridgehead atoms. The monoisotopic (exact) mass is 416 g/mol. The van der Waals surface area contributed by atoms with Gasteiger partial charge in [-0.25, -0.2) is 13.8 Å². The van der Waals surface area contributed by atoms with Crippen molar-refractivity contribution in [1.29, 1.82) is 0 Å². The summed E-state index contributed by atoms with van der Waals surface area (Å²) < 4.78 is 28.3. The topological polar surface area (TPSA) is 52.2 Å². The molecule has 0 radical (unpaired) electrons. The number of imidazole rings is 1. The summed E-state index contributed by atoms with van der Waals surface area (Å²) in [6.07, 6.45) is 0.592. The number of rotatable bonds is 5. The number of thioether (sulfide) groups is 1. The van der Waals surface area contributed by atoms with Gasteiger partial charge in [0.25, 0.3) is 0 Å². The molecule has 0 saturated carbocycles. The number of amides is 1. The Morgan fingerprint density at radius 3 is 2.62 bits per heavy atom. The van der Waals surface area contributed by atoms with Gasteiger partial charge in [-0.3, -0.25) is 9.69 Å². The van der Waals surface area contributed by atoms with Gasteiger partial charge in [-0.1, -0.05) is 30.0 Å². The molecule has 0 aliphatic carbocycles. The van der Waals surface area contributed by atoms with E-state index in [-0.39, 0.29) is 23.3 Å². The Bertz CT molecular complexity index is 985. The minimum absolute atomic E-state index is 0.00144. The summed E-state index contributed by atoms with van der Waals surface area (Å²) in [7, 11) is 3.40. The summed E-state index contributed by atoms with van der Waals surface area (Å²) in [5, 5.41) is 0.866. The predicted octanol–water partition coefficient (Wildman–Crippen LogP) is 3.66. The second-order valence-electron chi connectivity index (χ2n) is 7.41. The van der Waals surface area contributed by atoms with Crippen LogP contribution in [0.5, 0.6) is 0 Å². The van der Waals surface area contributed by atoms with Crippen LogP contribution >= 0.6 is 11.8 Å². The van der Waals surface area contributed by atoms with Crippen LogP contribution in [0.4, 0.5) is 8.78 Å². The van der Waals surface area contributed by atoms with Crippen LogP contribution in [-0.2, 0) is 11.3 Å². The fourth-order valence-electron chi connectivity index (χ4n) is 3.71. The Balaban J connectivity index is 1.55. The van der Waals surface area contributed by atoms with E-state index in [1.165, 1.54) is 23.1 Å².